The number of fused-ring (bicyclic) bond motifs is 1. The molecule has 1 atom stereocenters. The second-order valence-electron chi connectivity index (χ2n) is 8.46. The van der Waals surface area contributed by atoms with Gasteiger partial charge in [0.05, 0.1) is 12.2 Å². The Hall–Kier alpha value is -2.00. The number of sulfonamides is 1. The minimum Gasteiger partial charge on any atom is -0.336 e. The van der Waals surface area contributed by atoms with Crippen LogP contribution in [-0.4, -0.2) is 44.6 Å². The quantitative estimate of drug-likeness (QED) is 0.738. The van der Waals surface area contributed by atoms with Crippen molar-refractivity contribution in [2.75, 3.05) is 6.54 Å². The number of nitrogens with zero attached hydrogens (tertiary/aromatic N) is 5. The summed E-state index contributed by atoms with van der Waals surface area (Å²) in [7, 11) is -1.90. The fraction of sp³-hybridized carbons (Fsp3) is 0.650. The Bertz CT molecular complexity index is 1070. The highest BCUT2D eigenvalue weighted by molar-refractivity contribution is 7.89. The maximum Gasteiger partial charge on any atom is 0.267 e. The highest BCUT2D eigenvalue weighted by atomic mass is 32.2. The van der Waals surface area contributed by atoms with Crippen LogP contribution in [0.3, 0.4) is 0 Å². The summed E-state index contributed by atoms with van der Waals surface area (Å²) in [5.41, 5.74) is 1.88. The summed E-state index contributed by atoms with van der Waals surface area (Å²) in [6.45, 7) is 4.71. The van der Waals surface area contributed by atoms with E-state index < -0.39 is 10.0 Å². The molecule has 0 bridgehead atoms. The predicted octanol–water partition coefficient (Wildman–Crippen LogP) is 1.83. The molecule has 3 heterocycles. The summed E-state index contributed by atoms with van der Waals surface area (Å²) in [5.74, 6) is 0.878. The Morgan fingerprint density at radius 2 is 1.97 bits per heavy atom. The minimum absolute atomic E-state index is 0.0846. The molecule has 0 N–H and O–H groups in total. The molecule has 1 saturated heterocycles. The molecular weight excluding hydrogens is 390 g/mol. The van der Waals surface area contributed by atoms with Gasteiger partial charge in [0.25, 0.3) is 15.6 Å². The summed E-state index contributed by atoms with van der Waals surface area (Å²) in [6.07, 6.45) is 7.04. The van der Waals surface area contributed by atoms with Gasteiger partial charge < -0.3 is 4.57 Å². The van der Waals surface area contributed by atoms with Crippen LogP contribution in [0.5, 0.6) is 0 Å². The van der Waals surface area contributed by atoms with Crippen LogP contribution in [0.1, 0.15) is 62.5 Å². The van der Waals surface area contributed by atoms with Gasteiger partial charge in [-0.15, -0.1) is 0 Å². The number of hydrogen-bond donors (Lipinski definition) is 0. The molecule has 0 radical (unpaired) electrons. The van der Waals surface area contributed by atoms with Crippen molar-refractivity contribution in [1.82, 2.24) is 23.6 Å². The van der Waals surface area contributed by atoms with E-state index in [0.717, 1.165) is 49.2 Å². The van der Waals surface area contributed by atoms with Crippen LogP contribution in [0.15, 0.2) is 22.1 Å². The molecule has 4 rings (SSSR count). The minimum atomic E-state index is -3.72. The normalized spacial score (nSPS) is 20.3. The molecule has 1 aliphatic heterocycles. The molecule has 0 spiro atoms. The van der Waals surface area contributed by atoms with Crippen molar-refractivity contribution in [2.24, 2.45) is 7.05 Å². The fourth-order valence-corrected chi connectivity index (χ4v) is 6.15. The molecule has 0 amide bonds. The average molecular weight is 420 g/mol. The van der Waals surface area contributed by atoms with Crippen molar-refractivity contribution < 1.29 is 8.42 Å². The molecule has 0 aromatic carbocycles. The lowest BCUT2D eigenvalue weighted by molar-refractivity contribution is 0.332. The topological polar surface area (TPSA) is 90.1 Å². The summed E-state index contributed by atoms with van der Waals surface area (Å²) in [5, 5.41) is 4.65. The van der Waals surface area contributed by atoms with Crippen molar-refractivity contribution >= 4 is 10.0 Å². The Balaban J connectivity index is 1.61. The molecule has 8 nitrogen and oxygen atoms in total. The van der Waals surface area contributed by atoms with Gasteiger partial charge in [0.2, 0.25) is 0 Å². The van der Waals surface area contributed by atoms with Gasteiger partial charge in [0.15, 0.2) is 5.03 Å². The van der Waals surface area contributed by atoms with Crippen LogP contribution < -0.4 is 5.56 Å². The second-order valence-corrected chi connectivity index (χ2v) is 10.3. The van der Waals surface area contributed by atoms with Crippen LogP contribution in [0, 0.1) is 0 Å². The van der Waals surface area contributed by atoms with Gasteiger partial charge in [-0.1, -0.05) is 13.8 Å². The van der Waals surface area contributed by atoms with Gasteiger partial charge >= 0.3 is 0 Å². The third-order valence-corrected chi connectivity index (χ3v) is 7.78. The Morgan fingerprint density at radius 1 is 1.21 bits per heavy atom. The monoisotopic (exact) mass is 419 g/mol. The largest absolute Gasteiger partial charge is 0.336 e. The molecule has 9 heteroatoms. The lowest BCUT2D eigenvalue weighted by atomic mass is 9.97. The third-order valence-electron chi connectivity index (χ3n) is 5.96. The van der Waals surface area contributed by atoms with E-state index in [1.165, 1.54) is 8.99 Å². The number of hydrogen-bond acceptors (Lipinski definition) is 5. The molecule has 29 heavy (non-hydrogen) atoms. The molecule has 2 aliphatic rings. The summed E-state index contributed by atoms with van der Waals surface area (Å²) < 4.78 is 31.3. The smallest absolute Gasteiger partial charge is 0.267 e. The highest BCUT2D eigenvalue weighted by Crippen LogP contribution is 2.27. The third kappa shape index (κ3) is 3.77. The Labute approximate surface area is 171 Å². The maximum absolute atomic E-state index is 13.3. The molecule has 2 aromatic heterocycles. The van der Waals surface area contributed by atoms with E-state index in [4.69, 9.17) is 0 Å². The lowest BCUT2D eigenvalue weighted by Gasteiger charge is -2.24. The van der Waals surface area contributed by atoms with E-state index in [1.54, 1.807) is 16.8 Å². The molecule has 1 aliphatic carbocycles. The molecule has 1 unspecified atom stereocenters. The van der Waals surface area contributed by atoms with Crippen molar-refractivity contribution in [3.05, 3.63) is 39.7 Å². The van der Waals surface area contributed by atoms with Crippen molar-refractivity contribution in [3.8, 4) is 0 Å². The second kappa shape index (κ2) is 7.68. The lowest BCUT2D eigenvalue weighted by Crippen LogP contribution is -2.41. The van der Waals surface area contributed by atoms with Crippen LogP contribution in [0.25, 0.3) is 0 Å². The van der Waals surface area contributed by atoms with E-state index in [-0.39, 0.29) is 29.1 Å². The van der Waals surface area contributed by atoms with Crippen LogP contribution in [-0.2, 0) is 36.5 Å². The van der Waals surface area contributed by atoms with E-state index in [2.05, 4.69) is 10.1 Å². The van der Waals surface area contributed by atoms with Gasteiger partial charge in [-0.25, -0.2) is 18.1 Å². The summed E-state index contributed by atoms with van der Waals surface area (Å²) in [4.78, 5) is 16.9. The fourth-order valence-electron chi connectivity index (χ4n) is 4.47. The number of aromatic nitrogens is 4. The van der Waals surface area contributed by atoms with Crippen LogP contribution >= 0.6 is 0 Å². The SMILES string of the molecule is CC(C)c1nc(S(=O)(=O)N2CCCC2Cn2nc3c(cc2=O)CCCC3)cn1C. The Morgan fingerprint density at radius 3 is 2.69 bits per heavy atom. The summed E-state index contributed by atoms with van der Waals surface area (Å²) in [6, 6.07) is 1.40. The predicted molar refractivity (Wildman–Crippen MR) is 109 cm³/mol. The van der Waals surface area contributed by atoms with E-state index in [1.807, 2.05) is 20.9 Å². The molecular formula is C20H29N5O3S. The first kappa shape index (κ1) is 20.3. The Kier molecular flexibility index (Phi) is 5.37. The molecule has 2 aromatic rings. The van der Waals surface area contributed by atoms with E-state index >= 15 is 0 Å². The standard InChI is InChI=1S/C20H29N5O3S/c1-14(2)20-21-18(13-23(20)3)29(27,28)25-10-6-8-16(25)12-24-19(26)11-15-7-4-5-9-17(15)22-24/h11,13-14,16H,4-10,12H2,1-3H3. The van der Waals surface area contributed by atoms with Gasteiger partial charge in [-0.05, 0) is 44.1 Å². The molecule has 158 valence electrons. The highest BCUT2D eigenvalue weighted by Gasteiger charge is 2.37. The van der Waals surface area contributed by atoms with Crippen LogP contribution in [0.2, 0.25) is 0 Å². The van der Waals surface area contributed by atoms with Crippen molar-refractivity contribution in [2.45, 2.75) is 75.9 Å². The average Bonchev–Trinajstić information content (AvgIpc) is 3.29. The number of rotatable bonds is 5. The zero-order valence-corrected chi connectivity index (χ0v) is 18.2. The first-order valence-electron chi connectivity index (χ1n) is 10.4. The van der Waals surface area contributed by atoms with Crippen LogP contribution in [0.4, 0.5) is 0 Å². The van der Waals surface area contributed by atoms with Gasteiger partial charge in [0, 0.05) is 37.8 Å². The van der Waals surface area contributed by atoms with Gasteiger partial charge in [-0.3, -0.25) is 4.79 Å². The zero-order valence-electron chi connectivity index (χ0n) is 17.3. The van der Waals surface area contributed by atoms with Gasteiger partial charge in [-0.2, -0.15) is 9.40 Å². The molecule has 0 saturated carbocycles. The van der Waals surface area contributed by atoms with E-state index in [0.29, 0.717) is 13.0 Å². The van der Waals surface area contributed by atoms with Crippen molar-refractivity contribution in [1.29, 1.82) is 0 Å². The first-order valence-corrected chi connectivity index (χ1v) is 11.9. The number of aryl methyl sites for hydroxylation is 3. The first-order chi connectivity index (χ1) is 13.8. The summed E-state index contributed by atoms with van der Waals surface area (Å²) >= 11 is 0. The van der Waals surface area contributed by atoms with Crippen molar-refractivity contribution in [3.63, 3.8) is 0 Å². The number of imidazole rings is 1. The zero-order chi connectivity index (χ0) is 20.8. The van der Waals surface area contributed by atoms with E-state index in [9.17, 15) is 13.2 Å². The molecule has 1 fully saturated rings. The van der Waals surface area contributed by atoms with Gasteiger partial charge in [0.1, 0.15) is 5.82 Å². The maximum atomic E-state index is 13.3.